The molecule has 2 aromatic carbocycles. The Hall–Kier alpha value is -1.57. The minimum absolute atomic E-state index is 0. The Bertz CT molecular complexity index is 1240. The zero-order valence-electron chi connectivity index (χ0n) is 31.2. The molecule has 0 saturated carbocycles. The number of morpholine rings is 2. The molecule has 0 amide bonds. The largest absolute Gasteiger partial charge is 0.508 e. The quantitative estimate of drug-likeness (QED) is 0.311. The highest BCUT2D eigenvalue weighted by Crippen LogP contribution is 2.37. The van der Waals surface area contributed by atoms with E-state index in [1.165, 1.54) is 0 Å². The van der Waals surface area contributed by atoms with Crippen molar-refractivity contribution in [2.45, 2.75) is 77.8 Å². The number of benzene rings is 2. The van der Waals surface area contributed by atoms with Crippen LogP contribution in [0.5, 0.6) is 11.5 Å². The van der Waals surface area contributed by atoms with E-state index >= 15 is 0 Å². The van der Waals surface area contributed by atoms with E-state index in [4.69, 9.17) is 44.4 Å². The van der Waals surface area contributed by atoms with Gasteiger partial charge in [-0.25, -0.2) is 0 Å². The summed E-state index contributed by atoms with van der Waals surface area (Å²) in [5, 5.41) is 9.22. The van der Waals surface area contributed by atoms with Crippen LogP contribution in [-0.4, -0.2) is 130 Å². The Kier molecular flexibility index (Phi) is 16.2. The molecule has 0 spiro atoms. The first kappa shape index (κ1) is 42.8. The molecule has 2 aromatic rings. The minimum atomic E-state index is -0.356. The maximum absolute atomic E-state index is 9.22. The number of halogens is 2. The van der Waals surface area contributed by atoms with Crippen molar-refractivity contribution in [2.75, 3.05) is 78.2 Å². The van der Waals surface area contributed by atoms with Gasteiger partial charge in [-0.05, 0) is 90.6 Å². The summed E-state index contributed by atoms with van der Waals surface area (Å²) in [6.07, 6.45) is 0. The second kappa shape index (κ2) is 19.0. The predicted octanol–water partition coefficient (Wildman–Crippen LogP) is 4.37. The van der Waals surface area contributed by atoms with E-state index in [1.807, 2.05) is 64.1 Å². The standard InChI is InChI=1S/C18H28BNO4.C12H17BO3.C6H12ClNO.ClH/c1-17(2)18(3,4)24-19(23-17)15-5-7-16(8-6-15)22-14-11-20-9-12-21-13-10-20;1-11(2)12(3,4)16-13(15-11)9-5-7-10(14)8-6-9;7-1-2-8-3-5-9-6-4-8;/h5-8H,9-14H2,1-4H3;5-8,14H,1-4H3;1-6H2;1H. The molecule has 4 fully saturated rings. The van der Waals surface area contributed by atoms with Crippen LogP contribution in [0, 0.1) is 0 Å². The Labute approximate surface area is 312 Å². The Balaban J connectivity index is 0.000000224. The van der Waals surface area contributed by atoms with Crippen molar-refractivity contribution >= 4 is 49.2 Å². The van der Waals surface area contributed by atoms with Crippen molar-refractivity contribution in [3.05, 3.63) is 48.5 Å². The molecule has 0 unspecified atom stereocenters. The summed E-state index contributed by atoms with van der Waals surface area (Å²) in [6.45, 7) is 26.4. The molecule has 50 heavy (non-hydrogen) atoms. The lowest BCUT2D eigenvalue weighted by Crippen LogP contribution is -2.41. The number of ether oxygens (including phenoxy) is 3. The zero-order valence-corrected chi connectivity index (χ0v) is 32.8. The summed E-state index contributed by atoms with van der Waals surface area (Å²) in [5.41, 5.74) is 0.673. The van der Waals surface area contributed by atoms with Crippen molar-refractivity contribution in [1.29, 1.82) is 0 Å². The number of phenolic OH excluding ortho intramolecular Hbond substituents is 1. The molecule has 4 heterocycles. The third-order valence-electron chi connectivity index (χ3n) is 10.1. The first-order valence-electron chi connectivity index (χ1n) is 17.5. The number of phenols is 1. The van der Waals surface area contributed by atoms with Gasteiger partial charge >= 0.3 is 14.2 Å². The molecule has 0 bridgehead atoms. The molecule has 14 heteroatoms. The number of hydrogen-bond donors (Lipinski definition) is 1. The van der Waals surface area contributed by atoms with Crippen LogP contribution >= 0.6 is 24.0 Å². The predicted molar refractivity (Wildman–Crippen MR) is 204 cm³/mol. The van der Waals surface area contributed by atoms with Gasteiger partial charge < -0.3 is 37.9 Å². The number of nitrogens with zero attached hydrogens (tertiary/aromatic N) is 2. The number of aromatic hydroxyl groups is 1. The van der Waals surface area contributed by atoms with Crippen molar-refractivity contribution < 1.29 is 37.9 Å². The van der Waals surface area contributed by atoms with Crippen LogP contribution in [0.3, 0.4) is 0 Å². The van der Waals surface area contributed by atoms with Gasteiger partial charge in [0.25, 0.3) is 0 Å². The molecule has 4 aliphatic rings. The molecule has 0 atom stereocenters. The first-order chi connectivity index (χ1) is 23.1. The van der Waals surface area contributed by atoms with Gasteiger partial charge in [0.2, 0.25) is 0 Å². The smallest absolute Gasteiger partial charge is 0.494 e. The summed E-state index contributed by atoms with van der Waals surface area (Å²) in [4.78, 5) is 4.68. The van der Waals surface area contributed by atoms with Crippen molar-refractivity contribution in [1.82, 2.24) is 9.80 Å². The van der Waals surface area contributed by atoms with Crippen LogP contribution < -0.4 is 15.7 Å². The monoisotopic (exact) mass is 738 g/mol. The van der Waals surface area contributed by atoms with Gasteiger partial charge in [0, 0.05) is 45.1 Å². The van der Waals surface area contributed by atoms with Crippen LogP contribution in [-0.2, 0) is 28.1 Å². The highest BCUT2D eigenvalue weighted by Gasteiger charge is 2.52. The minimum Gasteiger partial charge on any atom is -0.508 e. The van der Waals surface area contributed by atoms with Gasteiger partial charge in [0.05, 0.1) is 48.8 Å². The molecule has 4 aliphatic heterocycles. The molecule has 0 aromatic heterocycles. The van der Waals surface area contributed by atoms with E-state index in [0.717, 1.165) is 88.3 Å². The number of alkyl halides is 1. The molecule has 6 rings (SSSR count). The van der Waals surface area contributed by atoms with Crippen molar-refractivity contribution in [3.63, 3.8) is 0 Å². The van der Waals surface area contributed by atoms with E-state index < -0.39 is 0 Å². The molecule has 0 aliphatic carbocycles. The van der Waals surface area contributed by atoms with E-state index in [0.29, 0.717) is 6.61 Å². The lowest BCUT2D eigenvalue weighted by atomic mass is 9.79. The average molecular weight is 739 g/mol. The average Bonchev–Trinajstić information content (AvgIpc) is 3.43. The fourth-order valence-electron chi connectivity index (χ4n) is 5.37. The molecular weight excluding hydrogens is 681 g/mol. The zero-order chi connectivity index (χ0) is 35.7. The van der Waals surface area contributed by atoms with Gasteiger partial charge in [-0.3, -0.25) is 9.80 Å². The lowest BCUT2D eigenvalue weighted by molar-refractivity contribution is 0.00578. The number of hydrogen-bond acceptors (Lipinski definition) is 10. The van der Waals surface area contributed by atoms with E-state index in [9.17, 15) is 5.11 Å². The highest BCUT2D eigenvalue weighted by molar-refractivity contribution is 6.62. The third-order valence-corrected chi connectivity index (χ3v) is 10.3. The van der Waals surface area contributed by atoms with E-state index in [1.54, 1.807) is 12.1 Å². The molecular formula is C36H58B2Cl2N2O8. The Morgan fingerprint density at radius 1 is 0.620 bits per heavy atom. The second-order valence-electron chi connectivity index (χ2n) is 14.8. The van der Waals surface area contributed by atoms with Crippen LogP contribution in [0.25, 0.3) is 0 Å². The maximum Gasteiger partial charge on any atom is 0.494 e. The molecule has 1 N–H and O–H groups in total. The van der Waals surface area contributed by atoms with Crippen LogP contribution in [0.15, 0.2) is 48.5 Å². The summed E-state index contributed by atoms with van der Waals surface area (Å²) in [6, 6.07) is 14.9. The van der Waals surface area contributed by atoms with Crippen LogP contribution in [0.2, 0.25) is 0 Å². The summed E-state index contributed by atoms with van der Waals surface area (Å²) in [5.74, 6) is 1.86. The van der Waals surface area contributed by atoms with E-state index in [-0.39, 0.29) is 54.8 Å². The van der Waals surface area contributed by atoms with Gasteiger partial charge in [0.15, 0.2) is 0 Å². The second-order valence-corrected chi connectivity index (χ2v) is 15.2. The van der Waals surface area contributed by atoms with Gasteiger partial charge in [0.1, 0.15) is 18.1 Å². The van der Waals surface area contributed by atoms with E-state index in [2.05, 4.69) is 37.5 Å². The number of rotatable bonds is 8. The van der Waals surface area contributed by atoms with Gasteiger partial charge in [-0.2, -0.15) is 0 Å². The van der Waals surface area contributed by atoms with Gasteiger partial charge in [-0.1, -0.05) is 24.3 Å². The maximum atomic E-state index is 9.22. The molecule has 280 valence electrons. The summed E-state index contributed by atoms with van der Waals surface area (Å²) in [7, 11) is -0.678. The Morgan fingerprint density at radius 2 is 0.980 bits per heavy atom. The molecule has 4 saturated heterocycles. The van der Waals surface area contributed by atoms with Crippen LogP contribution in [0.4, 0.5) is 0 Å². The lowest BCUT2D eigenvalue weighted by Gasteiger charge is -2.32. The fraction of sp³-hybridized carbons (Fsp3) is 0.667. The van der Waals surface area contributed by atoms with Crippen LogP contribution in [0.1, 0.15) is 55.4 Å². The van der Waals surface area contributed by atoms with Crippen molar-refractivity contribution in [3.8, 4) is 11.5 Å². The molecule has 0 radical (unpaired) electrons. The topological polar surface area (TPSA) is 91.3 Å². The Morgan fingerprint density at radius 3 is 1.36 bits per heavy atom. The van der Waals surface area contributed by atoms with Gasteiger partial charge in [-0.15, -0.1) is 24.0 Å². The van der Waals surface area contributed by atoms with Crippen molar-refractivity contribution in [2.24, 2.45) is 0 Å². The fourth-order valence-corrected chi connectivity index (χ4v) is 5.61. The summed E-state index contributed by atoms with van der Waals surface area (Å²) >= 11 is 5.55. The molecule has 10 nitrogen and oxygen atoms in total. The normalized spacial score (nSPS) is 22.4. The summed E-state index contributed by atoms with van der Waals surface area (Å²) < 4.78 is 40.3. The highest BCUT2D eigenvalue weighted by atomic mass is 35.5. The first-order valence-corrected chi connectivity index (χ1v) is 18.0. The third kappa shape index (κ3) is 12.0. The SMILES string of the molecule is CC1(C)OB(c2ccc(O)cc2)OC1(C)C.CC1(C)OB(c2ccc(OCCN3CCOCC3)cc2)OC1(C)C.Cl.ClCCN1CCOCC1.